The molecular weight excluding hydrogens is 380 g/mol. The third kappa shape index (κ3) is 4.52. The molecule has 7 heteroatoms. The van der Waals surface area contributed by atoms with Gasteiger partial charge >= 0.3 is 0 Å². The third-order valence-electron chi connectivity index (χ3n) is 4.46. The lowest BCUT2D eigenvalue weighted by molar-refractivity contribution is 0.0933. The van der Waals surface area contributed by atoms with E-state index in [1.165, 1.54) is 0 Å². The van der Waals surface area contributed by atoms with Gasteiger partial charge in [0.25, 0.3) is 11.8 Å². The van der Waals surface area contributed by atoms with E-state index in [0.29, 0.717) is 23.0 Å². The molecule has 2 aromatic carbocycles. The van der Waals surface area contributed by atoms with Gasteiger partial charge in [-0.1, -0.05) is 53.7 Å². The minimum atomic E-state index is -0.251. The van der Waals surface area contributed by atoms with Gasteiger partial charge in [-0.2, -0.15) is 4.98 Å². The van der Waals surface area contributed by atoms with Crippen LogP contribution in [0.25, 0.3) is 11.4 Å². The van der Waals surface area contributed by atoms with E-state index in [0.717, 1.165) is 11.3 Å². The lowest BCUT2D eigenvalue weighted by Gasteiger charge is -2.15. The summed E-state index contributed by atoms with van der Waals surface area (Å²) in [6.07, 6.45) is 1.70. The van der Waals surface area contributed by atoms with E-state index in [-0.39, 0.29) is 18.6 Å². The van der Waals surface area contributed by atoms with E-state index in [9.17, 15) is 4.79 Å². The van der Waals surface area contributed by atoms with Crippen LogP contribution in [0.2, 0.25) is 0 Å². The molecule has 1 atom stereocenters. The number of carbonyl (C=O) groups excluding carboxylic acids is 1. The average Bonchev–Trinajstić information content (AvgIpc) is 3.28. The summed E-state index contributed by atoms with van der Waals surface area (Å²) in [5.74, 6) is 0.997. The maximum absolute atomic E-state index is 12.8. The number of hydrogen-bond donors (Lipinski definition) is 1. The van der Waals surface area contributed by atoms with E-state index < -0.39 is 0 Å². The van der Waals surface area contributed by atoms with Crippen molar-refractivity contribution in [2.24, 2.45) is 0 Å². The van der Waals surface area contributed by atoms with Gasteiger partial charge in [0.05, 0.1) is 17.3 Å². The number of para-hydroxylation sites is 1. The Morgan fingerprint density at radius 1 is 1.03 bits per heavy atom. The summed E-state index contributed by atoms with van der Waals surface area (Å²) in [6, 6.07) is 21.9. The normalized spacial score (nSPS) is 11.6. The summed E-state index contributed by atoms with van der Waals surface area (Å²) in [5.41, 5.74) is 2.06. The molecule has 0 aliphatic carbocycles. The predicted octanol–water partition coefficient (Wildman–Crippen LogP) is 4.20. The van der Waals surface area contributed by atoms with Crippen molar-refractivity contribution in [3.8, 4) is 17.1 Å². The fourth-order valence-corrected chi connectivity index (χ4v) is 2.92. The van der Waals surface area contributed by atoms with Gasteiger partial charge in [0.1, 0.15) is 5.75 Å². The minimum Gasteiger partial charge on any atom is -0.483 e. The lowest BCUT2D eigenvalue weighted by atomic mass is 10.1. The predicted molar refractivity (Wildman–Crippen MR) is 111 cm³/mol. The van der Waals surface area contributed by atoms with E-state index >= 15 is 0 Å². The molecule has 7 nitrogen and oxygen atoms in total. The van der Waals surface area contributed by atoms with Crippen molar-refractivity contribution >= 4 is 5.91 Å². The van der Waals surface area contributed by atoms with Crippen LogP contribution in [0.1, 0.15) is 34.9 Å². The Balaban J connectivity index is 1.43. The second kappa shape index (κ2) is 9.00. The Hall–Kier alpha value is -4.00. The summed E-state index contributed by atoms with van der Waals surface area (Å²) in [7, 11) is 0. The number of rotatable bonds is 7. The summed E-state index contributed by atoms with van der Waals surface area (Å²) >= 11 is 0. The number of carbonyl (C=O) groups is 1. The van der Waals surface area contributed by atoms with Gasteiger partial charge in [0.2, 0.25) is 5.82 Å². The maximum Gasteiger partial charge on any atom is 0.264 e. The molecule has 30 heavy (non-hydrogen) atoms. The Labute approximate surface area is 173 Å². The summed E-state index contributed by atoms with van der Waals surface area (Å²) in [5, 5.41) is 6.92. The highest BCUT2D eigenvalue weighted by Crippen LogP contribution is 2.21. The summed E-state index contributed by atoms with van der Waals surface area (Å²) in [6.45, 7) is 1.94. The highest BCUT2D eigenvalue weighted by atomic mass is 16.5. The summed E-state index contributed by atoms with van der Waals surface area (Å²) in [4.78, 5) is 21.4. The van der Waals surface area contributed by atoms with Gasteiger partial charge in [-0.05, 0) is 31.2 Å². The number of benzene rings is 2. The van der Waals surface area contributed by atoms with Crippen LogP contribution < -0.4 is 10.1 Å². The van der Waals surface area contributed by atoms with Gasteiger partial charge in [-0.15, -0.1) is 0 Å². The standard InChI is InChI=1S/C23H20N4O3/c1-16(19-12-7-8-14-24-19)25-23(28)18-11-5-6-13-20(18)29-15-21-26-22(27-30-21)17-9-3-2-4-10-17/h2-14,16H,15H2,1H3,(H,25,28)/t16-/m1/s1. The average molecular weight is 400 g/mol. The molecule has 0 radical (unpaired) electrons. The van der Waals surface area contributed by atoms with E-state index in [1.807, 2.05) is 55.5 Å². The van der Waals surface area contributed by atoms with Crippen LogP contribution in [0.4, 0.5) is 0 Å². The number of hydrogen-bond acceptors (Lipinski definition) is 6. The van der Waals surface area contributed by atoms with Gasteiger partial charge in [-0.3, -0.25) is 9.78 Å². The second-order valence-electron chi connectivity index (χ2n) is 6.61. The molecule has 4 aromatic rings. The zero-order valence-corrected chi connectivity index (χ0v) is 16.4. The van der Waals surface area contributed by atoms with Crippen LogP contribution in [0.15, 0.2) is 83.5 Å². The van der Waals surface area contributed by atoms with E-state index in [1.54, 1.807) is 30.5 Å². The van der Waals surface area contributed by atoms with Crippen LogP contribution in [0, 0.1) is 0 Å². The van der Waals surface area contributed by atoms with E-state index in [2.05, 4.69) is 20.4 Å². The van der Waals surface area contributed by atoms with Gasteiger partial charge in [0.15, 0.2) is 6.61 Å². The fourth-order valence-electron chi connectivity index (χ4n) is 2.92. The Morgan fingerprint density at radius 3 is 2.60 bits per heavy atom. The Morgan fingerprint density at radius 2 is 1.80 bits per heavy atom. The molecule has 0 bridgehead atoms. The number of amides is 1. The minimum absolute atomic E-state index is 0.0555. The molecule has 1 amide bonds. The molecule has 4 rings (SSSR count). The largest absolute Gasteiger partial charge is 0.483 e. The van der Waals surface area contributed by atoms with Gasteiger partial charge in [0, 0.05) is 11.8 Å². The molecule has 2 aromatic heterocycles. The highest BCUT2D eigenvalue weighted by Gasteiger charge is 2.17. The third-order valence-corrected chi connectivity index (χ3v) is 4.46. The molecule has 2 heterocycles. The van der Waals surface area contributed by atoms with Gasteiger partial charge < -0.3 is 14.6 Å². The molecule has 150 valence electrons. The molecule has 0 fully saturated rings. The van der Waals surface area contributed by atoms with Crippen molar-refractivity contribution in [3.05, 3.63) is 96.1 Å². The number of nitrogens with one attached hydrogen (secondary N) is 1. The monoisotopic (exact) mass is 400 g/mol. The van der Waals surface area contributed by atoms with Crippen LogP contribution in [-0.4, -0.2) is 21.0 Å². The molecule has 1 N–H and O–H groups in total. The topological polar surface area (TPSA) is 90.1 Å². The quantitative estimate of drug-likeness (QED) is 0.500. The van der Waals surface area contributed by atoms with Crippen molar-refractivity contribution in [3.63, 3.8) is 0 Å². The van der Waals surface area contributed by atoms with Crippen molar-refractivity contribution < 1.29 is 14.1 Å². The first-order chi connectivity index (χ1) is 14.7. The van der Waals surface area contributed by atoms with Crippen molar-refractivity contribution in [2.75, 3.05) is 0 Å². The van der Waals surface area contributed by atoms with Crippen LogP contribution in [-0.2, 0) is 6.61 Å². The second-order valence-corrected chi connectivity index (χ2v) is 6.61. The molecule has 0 saturated heterocycles. The van der Waals surface area contributed by atoms with Gasteiger partial charge in [-0.25, -0.2) is 0 Å². The fraction of sp³-hybridized carbons (Fsp3) is 0.130. The van der Waals surface area contributed by atoms with Crippen LogP contribution in [0.5, 0.6) is 5.75 Å². The SMILES string of the molecule is C[C@@H](NC(=O)c1ccccc1OCc1nc(-c2ccccc2)no1)c1ccccn1. The van der Waals surface area contributed by atoms with Crippen LogP contribution in [0.3, 0.4) is 0 Å². The molecule has 0 aliphatic heterocycles. The van der Waals surface area contributed by atoms with Crippen molar-refractivity contribution in [1.82, 2.24) is 20.4 Å². The molecule has 0 saturated carbocycles. The first kappa shape index (κ1) is 19.3. The zero-order chi connectivity index (χ0) is 20.8. The van der Waals surface area contributed by atoms with Crippen LogP contribution >= 0.6 is 0 Å². The summed E-state index contributed by atoms with van der Waals surface area (Å²) < 4.78 is 11.1. The number of aromatic nitrogens is 3. The molecule has 0 aliphatic rings. The molecule has 0 spiro atoms. The smallest absolute Gasteiger partial charge is 0.264 e. The maximum atomic E-state index is 12.8. The molecular formula is C23H20N4O3. The molecule has 0 unspecified atom stereocenters. The first-order valence-electron chi connectivity index (χ1n) is 9.52. The van der Waals surface area contributed by atoms with E-state index in [4.69, 9.17) is 9.26 Å². The Kier molecular flexibility index (Phi) is 5.80. The lowest BCUT2D eigenvalue weighted by Crippen LogP contribution is -2.27. The number of nitrogens with zero attached hydrogens (tertiary/aromatic N) is 3. The Bertz CT molecular complexity index is 1110. The first-order valence-corrected chi connectivity index (χ1v) is 9.52. The number of pyridine rings is 1. The number of ether oxygens (including phenoxy) is 1. The zero-order valence-electron chi connectivity index (χ0n) is 16.4. The highest BCUT2D eigenvalue weighted by molar-refractivity contribution is 5.97. The van der Waals surface area contributed by atoms with Crippen molar-refractivity contribution in [2.45, 2.75) is 19.6 Å². The van der Waals surface area contributed by atoms with Crippen molar-refractivity contribution in [1.29, 1.82) is 0 Å².